The fourth-order valence-electron chi connectivity index (χ4n) is 2.03. The van der Waals surface area contributed by atoms with Crippen LogP contribution >= 0.6 is 0 Å². The van der Waals surface area contributed by atoms with Crippen molar-refractivity contribution in [1.82, 2.24) is 15.5 Å². The van der Waals surface area contributed by atoms with Crippen molar-refractivity contribution in [2.24, 2.45) is 5.92 Å². The van der Waals surface area contributed by atoms with Crippen LogP contribution in [0.3, 0.4) is 0 Å². The molecular formula is C15H21N3O4. The van der Waals surface area contributed by atoms with E-state index in [1.807, 2.05) is 13.8 Å². The molecule has 7 heteroatoms. The molecule has 0 bridgehead atoms. The van der Waals surface area contributed by atoms with E-state index in [2.05, 4.69) is 15.5 Å². The van der Waals surface area contributed by atoms with Crippen LogP contribution in [0.5, 0.6) is 0 Å². The zero-order valence-corrected chi connectivity index (χ0v) is 12.8. The second-order valence-electron chi connectivity index (χ2n) is 5.61. The number of nitrogens with zero attached hydrogens (tertiary/aromatic N) is 2. The number of aliphatic hydroxyl groups excluding tert-OH is 1. The first-order valence-corrected chi connectivity index (χ1v) is 7.34. The van der Waals surface area contributed by atoms with Gasteiger partial charge in [-0.25, -0.2) is 0 Å². The fourth-order valence-corrected chi connectivity index (χ4v) is 2.03. The summed E-state index contributed by atoms with van der Waals surface area (Å²) in [4.78, 5) is 15.9. The van der Waals surface area contributed by atoms with E-state index in [1.165, 1.54) is 12.5 Å². The molecule has 1 atom stereocenters. The van der Waals surface area contributed by atoms with Gasteiger partial charge in [0.2, 0.25) is 17.6 Å². The molecule has 2 N–H and O–H groups in total. The van der Waals surface area contributed by atoms with Crippen LogP contribution in [0, 0.1) is 5.92 Å². The lowest BCUT2D eigenvalue weighted by Gasteiger charge is -2.13. The second-order valence-corrected chi connectivity index (χ2v) is 5.61. The summed E-state index contributed by atoms with van der Waals surface area (Å²) in [5.41, 5.74) is 0.733. The van der Waals surface area contributed by atoms with Crippen molar-refractivity contribution in [1.29, 1.82) is 0 Å². The lowest BCUT2D eigenvalue weighted by molar-refractivity contribution is -0.121. The Morgan fingerprint density at radius 3 is 2.95 bits per heavy atom. The topological polar surface area (TPSA) is 101 Å². The number of hydrogen-bond donors (Lipinski definition) is 2. The Morgan fingerprint density at radius 2 is 2.27 bits per heavy atom. The fraction of sp³-hybridized carbons (Fsp3) is 0.533. The first-order valence-electron chi connectivity index (χ1n) is 7.34. The molecule has 1 unspecified atom stereocenters. The summed E-state index contributed by atoms with van der Waals surface area (Å²) in [5, 5.41) is 16.2. The number of carbonyl (C=O) groups is 1. The molecule has 0 radical (unpaired) electrons. The van der Waals surface area contributed by atoms with Crippen LogP contribution in [0.15, 0.2) is 27.5 Å². The highest BCUT2D eigenvalue weighted by Crippen LogP contribution is 2.16. The van der Waals surface area contributed by atoms with Gasteiger partial charge in [-0.2, -0.15) is 4.98 Å². The van der Waals surface area contributed by atoms with Crippen LogP contribution in [0.1, 0.15) is 32.6 Å². The van der Waals surface area contributed by atoms with Gasteiger partial charge < -0.3 is 19.4 Å². The highest BCUT2D eigenvalue weighted by Gasteiger charge is 2.12. The minimum absolute atomic E-state index is 0.147. The van der Waals surface area contributed by atoms with Crippen LogP contribution < -0.4 is 5.32 Å². The van der Waals surface area contributed by atoms with Gasteiger partial charge in [-0.15, -0.1) is 0 Å². The molecule has 0 saturated heterocycles. The Bertz CT molecular complexity index is 577. The molecule has 2 heterocycles. The number of nitrogens with one attached hydrogen (secondary N) is 1. The minimum atomic E-state index is -0.514. The molecule has 0 fully saturated rings. The minimum Gasteiger partial charge on any atom is -0.472 e. The number of amides is 1. The van der Waals surface area contributed by atoms with Crippen LogP contribution in [-0.2, 0) is 11.2 Å². The van der Waals surface area contributed by atoms with E-state index >= 15 is 0 Å². The lowest BCUT2D eigenvalue weighted by atomic mass is 10.1. The highest BCUT2D eigenvalue weighted by molar-refractivity contribution is 5.76. The van der Waals surface area contributed by atoms with Gasteiger partial charge in [-0.1, -0.05) is 19.0 Å². The molecule has 7 nitrogen and oxygen atoms in total. The normalized spacial score (nSPS) is 12.5. The molecule has 1 amide bonds. The van der Waals surface area contributed by atoms with E-state index in [0.717, 1.165) is 5.56 Å². The quantitative estimate of drug-likeness (QED) is 0.771. The summed E-state index contributed by atoms with van der Waals surface area (Å²) in [7, 11) is 0. The van der Waals surface area contributed by atoms with Crippen LogP contribution in [0.4, 0.5) is 0 Å². The number of carbonyl (C=O) groups excluding carboxylic acids is 1. The summed E-state index contributed by atoms with van der Waals surface area (Å²) in [6.07, 6.45) is 3.80. The summed E-state index contributed by atoms with van der Waals surface area (Å²) < 4.78 is 10.0. The number of furan rings is 1. The first kappa shape index (κ1) is 16.2. The van der Waals surface area contributed by atoms with Gasteiger partial charge in [-0.3, -0.25) is 4.79 Å². The SMILES string of the molecule is CC(C)CC(O)CNC(=O)CCc1nc(-c2ccoc2)no1. The molecule has 120 valence electrons. The van der Waals surface area contributed by atoms with Crippen molar-refractivity contribution in [2.75, 3.05) is 6.54 Å². The molecule has 0 aliphatic rings. The van der Waals surface area contributed by atoms with Crippen LogP contribution in [0.25, 0.3) is 11.4 Å². The van der Waals surface area contributed by atoms with Crippen molar-refractivity contribution in [3.63, 3.8) is 0 Å². The van der Waals surface area contributed by atoms with Crippen molar-refractivity contribution in [3.8, 4) is 11.4 Å². The molecule has 2 rings (SSSR count). The maximum atomic E-state index is 11.7. The van der Waals surface area contributed by atoms with Gasteiger partial charge in [-0.05, 0) is 18.4 Å². The van der Waals surface area contributed by atoms with E-state index in [1.54, 1.807) is 6.07 Å². The van der Waals surface area contributed by atoms with Gasteiger partial charge in [0.1, 0.15) is 6.26 Å². The smallest absolute Gasteiger partial charge is 0.227 e. The third-order valence-electron chi connectivity index (χ3n) is 3.09. The summed E-state index contributed by atoms with van der Waals surface area (Å²) in [6.45, 7) is 4.32. The predicted octanol–water partition coefficient (Wildman–Crippen LogP) is 1.79. The van der Waals surface area contributed by atoms with Crippen LogP contribution in [-0.4, -0.2) is 33.8 Å². The number of aliphatic hydroxyl groups is 1. The number of aromatic nitrogens is 2. The van der Waals surface area contributed by atoms with Gasteiger partial charge in [0.15, 0.2) is 0 Å². The van der Waals surface area contributed by atoms with Crippen molar-refractivity contribution < 1.29 is 18.8 Å². The number of aryl methyl sites for hydroxylation is 1. The Balaban J connectivity index is 1.72. The molecule has 0 aromatic carbocycles. The Hall–Kier alpha value is -2.15. The molecule has 0 aliphatic heterocycles. The van der Waals surface area contributed by atoms with E-state index in [9.17, 15) is 9.90 Å². The number of rotatable bonds is 8. The first-order chi connectivity index (χ1) is 10.5. The van der Waals surface area contributed by atoms with Gasteiger partial charge in [0, 0.05) is 19.4 Å². The molecule has 2 aromatic heterocycles. The highest BCUT2D eigenvalue weighted by atomic mass is 16.5. The Morgan fingerprint density at radius 1 is 1.45 bits per heavy atom. The summed E-state index contributed by atoms with van der Waals surface area (Å²) >= 11 is 0. The van der Waals surface area contributed by atoms with Crippen molar-refractivity contribution in [3.05, 3.63) is 24.5 Å². The zero-order chi connectivity index (χ0) is 15.9. The number of hydrogen-bond acceptors (Lipinski definition) is 6. The molecule has 0 saturated carbocycles. The molecule has 0 spiro atoms. The maximum absolute atomic E-state index is 11.7. The zero-order valence-electron chi connectivity index (χ0n) is 12.8. The third-order valence-corrected chi connectivity index (χ3v) is 3.09. The Kier molecular flexibility index (Phi) is 5.71. The summed E-state index contributed by atoms with van der Waals surface area (Å²) in [6, 6.07) is 1.73. The van der Waals surface area contributed by atoms with E-state index in [0.29, 0.717) is 30.5 Å². The van der Waals surface area contributed by atoms with E-state index < -0.39 is 6.10 Å². The van der Waals surface area contributed by atoms with Gasteiger partial charge in [0.25, 0.3) is 0 Å². The third kappa shape index (κ3) is 5.00. The molecule has 22 heavy (non-hydrogen) atoms. The van der Waals surface area contributed by atoms with E-state index in [4.69, 9.17) is 8.94 Å². The van der Waals surface area contributed by atoms with Crippen LogP contribution in [0.2, 0.25) is 0 Å². The van der Waals surface area contributed by atoms with Crippen molar-refractivity contribution >= 4 is 5.91 Å². The second kappa shape index (κ2) is 7.74. The predicted molar refractivity (Wildman–Crippen MR) is 78.8 cm³/mol. The largest absolute Gasteiger partial charge is 0.472 e. The molecule has 2 aromatic rings. The molecular weight excluding hydrogens is 286 g/mol. The Labute approximate surface area is 128 Å². The lowest BCUT2D eigenvalue weighted by Crippen LogP contribution is -2.32. The van der Waals surface area contributed by atoms with Crippen molar-refractivity contribution in [2.45, 2.75) is 39.2 Å². The van der Waals surface area contributed by atoms with Gasteiger partial charge >= 0.3 is 0 Å². The monoisotopic (exact) mass is 307 g/mol. The average molecular weight is 307 g/mol. The molecule has 0 aliphatic carbocycles. The summed E-state index contributed by atoms with van der Waals surface area (Å²) in [5.74, 6) is 1.09. The average Bonchev–Trinajstić information content (AvgIpc) is 3.12. The van der Waals surface area contributed by atoms with Gasteiger partial charge in [0.05, 0.1) is 17.9 Å². The van der Waals surface area contributed by atoms with E-state index in [-0.39, 0.29) is 18.9 Å². The maximum Gasteiger partial charge on any atom is 0.227 e. The standard InChI is InChI=1S/C15H21N3O4/c1-10(2)7-12(19)8-16-13(20)3-4-14-17-15(18-22-14)11-5-6-21-9-11/h5-6,9-10,12,19H,3-4,7-8H2,1-2H3,(H,16,20).